The Balaban J connectivity index is 1.62. The van der Waals surface area contributed by atoms with Crippen LogP contribution in [0.15, 0.2) is 36.4 Å². The average molecular weight is 398 g/mol. The van der Waals surface area contributed by atoms with Crippen molar-refractivity contribution in [3.63, 3.8) is 0 Å². The van der Waals surface area contributed by atoms with Crippen molar-refractivity contribution < 1.29 is 14.3 Å². The fourth-order valence-corrected chi connectivity index (χ4v) is 4.09. The number of benzene rings is 1. The first-order valence-electron chi connectivity index (χ1n) is 9.50. The average Bonchev–Trinajstić information content (AvgIpc) is 2.85. The van der Waals surface area contributed by atoms with E-state index in [-0.39, 0.29) is 24.2 Å². The molecular weight excluding hydrogens is 371 g/mol. The van der Waals surface area contributed by atoms with E-state index < -0.39 is 5.41 Å². The van der Waals surface area contributed by atoms with Gasteiger partial charge in [0, 0.05) is 36.4 Å². The first kappa shape index (κ1) is 20.5. The molecule has 0 N–H and O–H groups in total. The number of aryl methyl sites for hydroxylation is 2. The van der Waals surface area contributed by atoms with E-state index in [0.29, 0.717) is 6.61 Å². The molecule has 3 rings (SSSR count). The van der Waals surface area contributed by atoms with Crippen LogP contribution < -0.4 is 4.74 Å². The molecule has 5 nitrogen and oxygen atoms in total. The molecule has 6 heteroatoms. The SMILES string of the molecule is Cc1cc(OCCc2ccc([C@@H](C)[C@]3(C)CC(=O)N(P)C3=O)cc2)cc(C)n1. The highest BCUT2D eigenvalue weighted by molar-refractivity contribution is 7.16. The minimum Gasteiger partial charge on any atom is -0.493 e. The summed E-state index contributed by atoms with van der Waals surface area (Å²) < 4.78 is 7.03. The number of ether oxygens (including phenoxy) is 1. The Morgan fingerprint density at radius 1 is 1.18 bits per heavy atom. The van der Waals surface area contributed by atoms with Crippen LogP contribution in [-0.2, 0) is 16.0 Å². The van der Waals surface area contributed by atoms with Crippen LogP contribution in [0.4, 0.5) is 0 Å². The molecule has 28 heavy (non-hydrogen) atoms. The van der Waals surface area contributed by atoms with E-state index in [1.54, 1.807) is 0 Å². The minimum absolute atomic E-state index is 0.0393. The number of pyridine rings is 1. The van der Waals surface area contributed by atoms with Gasteiger partial charge in [0.15, 0.2) is 0 Å². The van der Waals surface area contributed by atoms with Crippen molar-refractivity contribution in [3.05, 3.63) is 58.9 Å². The molecule has 0 bridgehead atoms. The fraction of sp³-hybridized carbons (Fsp3) is 0.409. The standard InChI is InChI=1S/C22H27N2O3P/c1-14-11-19(12-15(2)23-14)27-10-9-17-5-7-18(8-6-17)16(3)22(4)13-20(25)24(28)21(22)26/h5-8,11-12,16H,9-10,13,28H2,1-4H3/t16-,22+/m1/s1. The van der Waals surface area contributed by atoms with Crippen molar-refractivity contribution in [1.29, 1.82) is 0 Å². The van der Waals surface area contributed by atoms with Gasteiger partial charge in [0.25, 0.3) is 0 Å². The summed E-state index contributed by atoms with van der Waals surface area (Å²) in [6, 6.07) is 12.1. The summed E-state index contributed by atoms with van der Waals surface area (Å²) in [6.45, 7) is 8.40. The van der Waals surface area contributed by atoms with Gasteiger partial charge in [0.05, 0.1) is 12.0 Å². The fourth-order valence-electron chi connectivity index (χ4n) is 3.71. The molecular formula is C22H27N2O3P. The Kier molecular flexibility index (Phi) is 5.85. The molecule has 0 spiro atoms. The third-order valence-electron chi connectivity index (χ3n) is 5.64. The van der Waals surface area contributed by atoms with Gasteiger partial charge in [-0.15, -0.1) is 0 Å². The molecule has 2 heterocycles. The van der Waals surface area contributed by atoms with E-state index >= 15 is 0 Å². The summed E-state index contributed by atoms with van der Waals surface area (Å²) in [7, 11) is 2.24. The maximum atomic E-state index is 12.5. The number of hydrogen-bond acceptors (Lipinski definition) is 4. The lowest BCUT2D eigenvalue weighted by atomic mass is 9.73. The first-order valence-corrected chi connectivity index (χ1v) is 10.0. The molecule has 148 valence electrons. The molecule has 0 saturated carbocycles. The zero-order chi connectivity index (χ0) is 20.5. The normalized spacial score (nSPS) is 20.5. The smallest absolute Gasteiger partial charge is 0.239 e. The summed E-state index contributed by atoms with van der Waals surface area (Å²) in [4.78, 5) is 28.8. The van der Waals surface area contributed by atoms with Gasteiger partial charge in [-0.05, 0) is 47.2 Å². The largest absolute Gasteiger partial charge is 0.493 e. The first-order chi connectivity index (χ1) is 13.2. The highest BCUT2D eigenvalue weighted by Gasteiger charge is 2.50. The molecule has 1 aliphatic rings. The number of imide groups is 1. The van der Waals surface area contributed by atoms with Crippen LogP contribution in [0.5, 0.6) is 5.75 Å². The third kappa shape index (κ3) is 4.10. The maximum absolute atomic E-state index is 12.5. The van der Waals surface area contributed by atoms with Crippen molar-refractivity contribution in [2.24, 2.45) is 5.41 Å². The Morgan fingerprint density at radius 3 is 2.32 bits per heavy atom. The molecule has 2 aromatic rings. The molecule has 3 atom stereocenters. The zero-order valence-corrected chi connectivity index (χ0v) is 18.0. The lowest BCUT2D eigenvalue weighted by Crippen LogP contribution is -2.32. The second kappa shape index (κ2) is 8.00. The van der Waals surface area contributed by atoms with Gasteiger partial charge in [0.1, 0.15) is 5.75 Å². The number of rotatable bonds is 6. The lowest BCUT2D eigenvalue weighted by Gasteiger charge is -2.29. The number of aromatic nitrogens is 1. The van der Waals surface area contributed by atoms with Gasteiger partial charge in [-0.3, -0.25) is 19.2 Å². The van der Waals surface area contributed by atoms with Crippen LogP contribution in [0, 0.1) is 19.3 Å². The van der Waals surface area contributed by atoms with Gasteiger partial charge in [-0.1, -0.05) is 31.2 Å². The van der Waals surface area contributed by atoms with Crippen molar-refractivity contribution in [3.8, 4) is 5.75 Å². The molecule has 1 aromatic carbocycles. The molecule has 1 aromatic heterocycles. The van der Waals surface area contributed by atoms with Crippen LogP contribution in [0.3, 0.4) is 0 Å². The number of carbonyl (C=O) groups excluding carboxylic acids is 2. The molecule has 1 unspecified atom stereocenters. The topological polar surface area (TPSA) is 59.5 Å². The molecule has 1 saturated heterocycles. The predicted molar refractivity (Wildman–Crippen MR) is 112 cm³/mol. The van der Waals surface area contributed by atoms with Crippen LogP contribution >= 0.6 is 9.39 Å². The van der Waals surface area contributed by atoms with Crippen LogP contribution in [-0.4, -0.2) is 28.1 Å². The second-order valence-electron chi connectivity index (χ2n) is 7.81. The van der Waals surface area contributed by atoms with Crippen molar-refractivity contribution >= 4 is 21.2 Å². The molecule has 1 fully saturated rings. The van der Waals surface area contributed by atoms with Gasteiger partial charge in [-0.25, -0.2) is 0 Å². The highest BCUT2D eigenvalue weighted by atomic mass is 31.0. The highest BCUT2D eigenvalue weighted by Crippen LogP contribution is 2.45. The van der Waals surface area contributed by atoms with Crippen LogP contribution in [0.25, 0.3) is 0 Å². The summed E-state index contributed by atoms with van der Waals surface area (Å²) in [6.07, 6.45) is 1.04. The zero-order valence-electron chi connectivity index (χ0n) is 16.9. The summed E-state index contributed by atoms with van der Waals surface area (Å²) >= 11 is 0. The minimum atomic E-state index is -0.694. The third-order valence-corrected chi connectivity index (χ3v) is 6.17. The predicted octanol–water partition coefficient (Wildman–Crippen LogP) is 3.98. The van der Waals surface area contributed by atoms with Gasteiger partial charge in [-0.2, -0.15) is 0 Å². The Bertz CT molecular complexity index is 877. The van der Waals surface area contributed by atoms with E-state index in [2.05, 4.69) is 38.6 Å². The molecule has 1 aliphatic heterocycles. The summed E-state index contributed by atoms with van der Waals surface area (Å²) in [5, 5.41) is 0. The van der Waals surface area contributed by atoms with Gasteiger partial charge >= 0.3 is 0 Å². The van der Waals surface area contributed by atoms with Gasteiger partial charge < -0.3 is 4.74 Å². The van der Waals surface area contributed by atoms with E-state index in [0.717, 1.165) is 29.1 Å². The molecule has 2 amide bonds. The van der Waals surface area contributed by atoms with E-state index in [4.69, 9.17) is 4.74 Å². The van der Waals surface area contributed by atoms with Gasteiger partial charge in [0.2, 0.25) is 11.8 Å². The van der Waals surface area contributed by atoms with Crippen LogP contribution in [0.2, 0.25) is 0 Å². The van der Waals surface area contributed by atoms with E-state index in [1.165, 1.54) is 10.2 Å². The quantitative estimate of drug-likeness (QED) is 0.546. The number of carbonyl (C=O) groups is 2. The van der Waals surface area contributed by atoms with E-state index in [1.807, 2.05) is 39.8 Å². The Labute approximate surface area is 168 Å². The van der Waals surface area contributed by atoms with E-state index in [9.17, 15) is 9.59 Å². The monoisotopic (exact) mass is 398 g/mol. The maximum Gasteiger partial charge on any atom is 0.239 e. The lowest BCUT2D eigenvalue weighted by molar-refractivity contribution is -0.135. The van der Waals surface area contributed by atoms with Crippen LogP contribution in [0.1, 0.15) is 48.7 Å². The van der Waals surface area contributed by atoms with Crippen molar-refractivity contribution in [2.45, 2.75) is 46.5 Å². The molecule has 0 aliphatic carbocycles. The molecule has 0 radical (unpaired) electrons. The number of amides is 2. The Hall–Kier alpha value is -2.26. The van der Waals surface area contributed by atoms with Crippen molar-refractivity contribution in [1.82, 2.24) is 9.65 Å². The van der Waals surface area contributed by atoms with Crippen molar-refractivity contribution in [2.75, 3.05) is 6.61 Å². The Morgan fingerprint density at radius 2 is 1.79 bits per heavy atom. The summed E-state index contributed by atoms with van der Waals surface area (Å²) in [5.74, 6) is 0.534. The number of hydrogen-bond donors (Lipinski definition) is 0. The second-order valence-corrected chi connectivity index (χ2v) is 8.33. The summed E-state index contributed by atoms with van der Waals surface area (Å²) in [5.41, 5.74) is 3.44. The number of nitrogens with zero attached hydrogens (tertiary/aromatic N) is 2.